The van der Waals surface area contributed by atoms with E-state index in [1.54, 1.807) is 0 Å². The lowest BCUT2D eigenvalue weighted by Crippen LogP contribution is -3.00. The zero-order valence-corrected chi connectivity index (χ0v) is 11.1. The van der Waals surface area contributed by atoms with Gasteiger partial charge >= 0.3 is 0 Å². The Kier molecular flexibility index (Phi) is 8.04. The molecule has 0 aliphatic rings. The lowest BCUT2D eigenvalue weighted by Gasteiger charge is -2.12. The van der Waals surface area contributed by atoms with Gasteiger partial charge in [-0.25, -0.2) is 0 Å². The van der Waals surface area contributed by atoms with Crippen LogP contribution in [0.15, 0.2) is 24.3 Å². The second-order valence-electron chi connectivity index (χ2n) is 4.16. The fourth-order valence-corrected chi connectivity index (χ4v) is 1.52. The lowest BCUT2D eigenvalue weighted by molar-refractivity contribution is -0.00000381. The molecule has 1 aromatic rings. The number of hydrogen-bond acceptors (Lipinski definition) is 2. The van der Waals surface area contributed by atoms with E-state index in [2.05, 4.69) is 31.3 Å². The number of nitrogens with one attached hydrogen (secondary N) is 1. The Bertz CT molecular complexity index is 289. The highest BCUT2D eigenvalue weighted by atomic mass is 35.5. The predicted molar refractivity (Wildman–Crippen MR) is 64.4 cm³/mol. The SMILES string of the molecule is CNCCOc1ccccc1CC(C)C.[Cl-]. The summed E-state index contributed by atoms with van der Waals surface area (Å²) >= 11 is 0. The third-order valence-electron chi connectivity index (χ3n) is 2.21. The standard InChI is InChI=1S/C13H21NO.ClH/c1-11(2)10-12-6-4-5-7-13(12)15-9-8-14-3;/h4-7,11,14H,8-10H2,1-3H3;1H/p-1. The molecule has 0 bridgehead atoms. The molecule has 92 valence electrons. The topological polar surface area (TPSA) is 21.3 Å². The molecule has 0 aromatic heterocycles. The van der Waals surface area contributed by atoms with E-state index in [9.17, 15) is 0 Å². The maximum atomic E-state index is 5.72. The molecule has 0 heterocycles. The molecule has 3 heteroatoms. The highest BCUT2D eigenvalue weighted by Crippen LogP contribution is 2.20. The molecule has 16 heavy (non-hydrogen) atoms. The van der Waals surface area contributed by atoms with Crippen LogP contribution in [0.25, 0.3) is 0 Å². The Labute approximate surface area is 105 Å². The summed E-state index contributed by atoms with van der Waals surface area (Å²) in [5.41, 5.74) is 1.31. The first-order valence-electron chi connectivity index (χ1n) is 5.59. The van der Waals surface area contributed by atoms with Crippen LogP contribution >= 0.6 is 0 Å². The predicted octanol–water partition coefficient (Wildman–Crippen LogP) is -0.513. The number of halogens is 1. The summed E-state index contributed by atoms with van der Waals surface area (Å²) in [6.07, 6.45) is 1.08. The van der Waals surface area contributed by atoms with Crippen LogP contribution in [0, 0.1) is 5.92 Å². The molecule has 0 spiro atoms. The van der Waals surface area contributed by atoms with Crippen molar-refractivity contribution in [2.75, 3.05) is 20.2 Å². The molecular formula is C13H21ClNO-. The third-order valence-corrected chi connectivity index (χ3v) is 2.21. The fourth-order valence-electron chi connectivity index (χ4n) is 1.52. The highest BCUT2D eigenvalue weighted by Gasteiger charge is 2.04. The molecule has 1 N–H and O–H groups in total. The van der Waals surface area contributed by atoms with Crippen LogP contribution in [-0.2, 0) is 6.42 Å². The second-order valence-corrected chi connectivity index (χ2v) is 4.16. The fraction of sp³-hybridized carbons (Fsp3) is 0.538. The van der Waals surface area contributed by atoms with Gasteiger partial charge in [0.15, 0.2) is 0 Å². The largest absolute Gasteiger partial charge is 1.00 e. The number of ether oxygens (including phenoxy) is 1. The summed E-state index contributed by atoms with van der Waals surface area (Å²) in [4.78, 5) is 0. The van der Waals surface area contributed by atoms with Crippen LogP contribution in [-0.4, -0.2) is 20.2 Å². The van der Waals surface area contributed by atoms with Crippen molar-refractivity contribution < 1.29 is 17.1 Å². The summed E-state index contributed by atoms with van der Waals surface area (Å²) in [5.74, 6) is 1.69. The van der Waals surface area contributed by atoms with E-state index in [-0.39, 0.29) is 12.4 Å². The molecule has 1 aromatic carbocycles. The Balaban J connectivity index is 0.00000225. The average Bonchev–Trinajstić information content (AvgIpc) is 2.20. The molecule has 0 radical (unpaired) electrons. The quantitative estimate of drug-likeness (QED) is 0.679. The van der Waals surface area contributed by atoms with E-state index in [0.717, 1.165) is 25.3 Å². The normalized spacial score (nSPS) is 10.0. The van der Waals surface area contributed by atoms with Gasteiger partial charge in [-0.1, -0.05) is 32.0 Å². The molecule has 0 saturated heterocycles. The van der Waals surface area contributed by atoms with Gasteiger partial charge in [0.05, 0.1) is 0 Å². The lowest BCUT2D eigenvalue weighted by atomic mass is 10.0. The maximum absolute atomic E-state index is 5.72. The van der Waals surface area contributed by atoms with Gasteiger partial charge in [0, 0.05) is 6.54 Å². The first kappa shape index (κ1) is 15.3. The van der Waals surface area contributed by atoms with Crippen LogP contribution in [0.5, 0.6) is 5.75 Å². The molecule has 0 unspecified atom stereocenters. The monoisotopic (exact) mass is 242 g/mol. The molecule has 0 atom stereocenters. The number of hydrogen-bond donors (Lipinski definition) is 1. The van der Waals surface area contributed by atoms with Crippen LogP contribution < -0.4 is 22.5 Å². The molecule has 0 aliphatic heterocycles. The minimum Gasteiger partial charge on any atom is -1.00 e. The molecule has 0 aliphatic carbocycles. The summed E-state index contributed by atoms with van der Waals surface area (Å²) < 4.78 is 5.72. The zero-order valence-electron chi connectivity index (χ0n) is 10.3. The minimum absolute atomic E-state index is 0. The van der Waals surface area contributed by atoms with Crippen molar-refractivity contribution >= 4 is 0 Å². The van der Waals surface area contributed by atoms with Gasteiger partial charge in [0.1, 0.15) is 12.4 Å². The first-order valence-corrected chi connectivity index (χ1v) is 5.59. The van der Waals surface area contributed by atoms with Crippen molar-refractivity contribution in [3.8, 4) is 5.75 Å². The van der Waals surface area contributed by atoms with Crippen molar-refractivity contribution in [3.05, 3.63) is 29.8 Å². The van der Waals surface area contributed by atoms with E-state index < -0.39 is 0 Å². The highest BCUT2D eigenvalue weighted by molar-refractivity contribution is 5.33. The van der Waals surface area contributed by atoms with Crippen molar-refractivity contribution in [2.45, 2.75) is 20.3 Å². The van der Waals surface area contributed by atoms with Crippen LogP contribution in [0.1, 0.15) is 19.4 Å². The number of likely N-dealkylation sites (N-methyl/N-ethyl adjacent to an activating group) is 1. The van der Waals surface area contributed by atoms with Gasteiger partial charge in [-0.05, 0) is 31.0 Å². The first-order chi connectivity index (χ1) is 7.24. The Hall–Kier alpha value is -0.730. The van der Waals surface area contributed by atoms with Crippen molar-refractivity contribution in [2.24, 2.45) is 5.92 Å². The smallest absolute Gasteiger partial charge is 0.122 e. The summed E-state index contributed by atoms with van der Waals surface area (Å²) in [6.45, 7) is 6.07. The van der Waals surface area contributed by atoms with Gasteiger partial charge in [-0.2, -0.15) is 0 Å². The van der Waals surface area contributed by atoms with E-state index in [4.69, 9.17) is 4.74 Å². The van der Waals surface area contributed by atoms with E-state index >= 15 is 0 Å². The van der Waals surface area contributed by atoms with Crippen molar-refractivity contribution in [1.82, 2.24) is 5.32 Å². The zero-order chi connectivity index (χ0) is 11.1. The van der Waals surface area contributed by atoms with Gasteiger partial charge < -0.3 is 22.5 Å². The number of benzene rings is 1. The van der Waals surface area contributed by atoms with Crippen LogP contribution in [0.4, 0.5) is 0 Å². The van der Waals surface area contributed by atoms with Gasteiger partial charge in [-0.3, -0.25) is 0 Å². The van der Waals surface area contributed by atoms with Crippen LogP contribution in [0.3, 0.4) is 0 Å². The second kappa shape index (κ2) is 8.43. The Morgan fingerprint density at radius 3 is 2.56 bits per heavy atom. The Morgan fingerprint density at radius 2 is 1.94 bits per heavy atom. The molecule has 1 rings (SSSR count). The van der Waals surface area contributed by atoms with Gasteiger partial charge in [0.2, 0.25) is 0 Å². The third kappa shape index (κ3) is 5.38. The van der Waals surface area contributed by atoms with Gasteiger partial charge in [0.25, 0.3) is 0 Å². The number of para-hydroxylation sites is 1. The minimum atomic E-state index is 0. The molecule has 2 nitrogen and oxygen atoms in total. The average molecular weight is 243 g/mol. The van der Waals surface area contributed by atoms with E-state index in [1.807, 2.05) is 19.2 Å². The summed E-state index contributed by atoms with van der Waals surface area (Å²) in [7, 11) is 1.93. The van der Waals surface area contributed by atoms with E-state index in [0.29, 0.717) is 5.92 Å². The molecular weight excluding hydrogens is 222 g/mol. The van der Waals surface area contributed by atoms with Crippen LogP contribution in [0.2, 0.25) is 0 Å². The maximum Gasteiger partial charge on any atom is 0.122 e. The summed E-state index contributed by atoms with van der Waals surface area (Å²) in [5, 5.41) is 3.07. The molecule has 0 saturated carbocycles. The molecule has 0 amide bonds. The summed E-state index contributed by atoms with van der Waals surface area (Å²) in [6, 6.07) is 8.29. The number of rotatable bonds is 6. The van der Waals surface area contributed by atoms with Crippen molar-refractivity contribution in [1.29, 1.82) is 0 Å². The van der Waals surface area contributed by atoms with Gasteiger partial charge in [-0.15, -0.1) is 0 Å². The Morgan fingerprint density at radius 1 is 1.25 bits per heavy atom. The van der Waals surface area contributed by atoms with E-state index in [1.165, 1.54) is 5.56 Å². The van der Waals surface area contributed by atoms with Crippen molar-refractivity contribution in [3.63, 3.8) is 0 Å². The molecule has 0 fully saturated rings.